The fraction of sp³-hybridized carbons (Fsp3) is 0.385. The highest BCUT2D eigenvalue weighted by Gasteiger charge is 2.33. The summed E-state index contributed by atoms with van der Waals surface area (Å²) < 4.78 is 13.4. The molecular formula is C13H15FN2O3. The third-order valence-corrected chi connectivity index (χ3v) is 3.22. The highest BCUT2D eigenvalue weighted by Crippen LogP contribution is 2.20. The van der Waals surface area contributed by atoms with Crippen LogP contribution in [0.25, 0.3) is 0 Å². The van der Waals surface area contributed by atoms with Gasteiger partial charge >= 0.3 is 12.0 Å². The Kier molecular flexibility index (Phi) is 3.69. The molecule has 1 atom stereocenters. The van der Waals surface area contributed by atoms with Crippen molar-refractivity contribution in [2.24, 2.45) is 0 Å². The van der Waals surface area contributed by atoms with Crippen molar-refractivity contribution in [3.63, 3.8) is 0 Å². The summed E-state index contributed by atoms with van der Waals surface area (Å²) >= 11 is 0. The molecule has 1 heterocycles. The van der Waals surface area contributed by atoms with E-state index in [1.54, 1.807) is 19.1 Å². The highest BCUT2D eigenvalue weighted by atomic mass is 19.1. The van der Waals surface area contributed by atoms with E-state index in [9.17, 15) is 14.0 Å². The number of nitrogens with one attached hydrogen (secondary N) is 1. The Labute approximate surface area is 110 Å². The second-order valence-corrected chi connectivity index (χ2v) is 4.58. The van der Waals surface area contributed by atoms with Crippen molar-refractivity contribution in [1.29, 1.82) is 0 Å². The number of halogens is 1. The molecule has 19 heavy (non-hydrogen) atoms. The smallest absolute Gasteiger partial charge is 0.326 e. The van der Waals surface area contributed by atoms with Gasteiger partial charge in [0.15, 0.2) is 0 Å². The summed E-state index contributed by atoms with van der Waals surface area (Å²) in [5.74, 6) is -1.42. The molecule has 0 aromatic heterocycles. The van der Waals surface area contributed by atoms with Crippen LogP contribution in [0.1, 0.15) is 18.4 Å². The predicted octanol–water partition coefficient (Wildman–Crippen LogP) is 2.22. The van der Waals surface area contributed by atoms with E-state index in [0.29, 0.717) is 30.6 Å². The van der Waals surface area contributed by atoms with Gasteiger partial charge in [0.05, 0.1) is 0 Å². The topological polar surface area (TPSA) is 69.6 Å². The van der Waals surface area contributed by atoms with Crippen LogP contribution in [-0.4, -0.2) is 34.6 Å². The number of aliphatic carboxylic acids is 1. The molecule has 1 aromatic carbocycles. The fourth-order valence-corrected chi connectivity index (χ4v) is 2.13. The normalized spacial score (nSPS) is 18.4. The van der Waals surface area contributed by atoms with Crippen LogP contribution in [-0.2, 0) is 4.79 Å². The number of amides is 2. The molecule has 102 valence electrons. The molecule has 2 amide bonds. The molecule has 0 bridgehead atoms. The van der Waals surface area contributed by atoms with E-state index in [2.05, 4.69) is 5.32 Å². The third-order valence-electron chi connectivity index (χ3n) is 3.22. The van der Waals surface area contributed by atoms with Crippen molar-refractivity contribution in [2.45, 2.75) is 25.8 Å². The summed E-state index contributed by atoms with van der Waals surface area (Å²) in [4.78, 5) is 24.2. The van der Waals surface area contributed by atoms with Crippen molar-refractivity contribution in [3.8, 4) is 0 Å². The van der Waals surface area contributed by atoms with Crippen molar-refractivity contribution in [3.05, 3.63) is 29.6 Å². The first kappa shape index (κ1) is 13.3. The van der Waals surface area contributed by atoms with Crippen LogP contribution in [0.4, 0.5) is 14.9 Å². The standard InChI is InChI=1S/C13H15FN2O3/c1-8-4-5-9(7-10(8)14)15-13(19)16-6-2-3-11(16)12(17)18/h4-5,7,11H,2-3,6H2,1H3,(H,15,19)(H,17,18)/t11-/m1/s1. The molecular weight excluding hydrogens is 251 g/mol. The Balaban J connectivity index is 2.08. The van der Waals surface area contributed by atoms with E-state index in [0.717, 1.165) is 0 Å². The van der Waals surface area contributed by atoms with Crippen LogP contribution in [0, 0.1) is 12.7 Å². The molecule has 0 radical (unpaired) electrons. The molecule has 2 N–H and O–H groups in total. The van der Waals surface area contributed by atoms with E-state index < -0.39 is 23.9 Å². The molecule has 1 aromatic rings. The van der Waals surface area contributed by atoms with E-state index >= 15 is 0 Å². The number of rotatable bonds is 2. The first-order valence-electron chi connectivity index (χ1n) is 6.05. The van der Waals surface area contributed by atoms with E-state index in [4.69, 9.17) is 5.11 Å². The number of nitrogens with zero attached hydrogens (tertiary/aromatic N) is 1. The number of carboxylic acids is 1. The zero-order valence-corrected chi connectivity index (χ0v) is 10.5. The molecule has 0 saturated carbocycles. The summed E-state index contributed by atoms with van der Waals surface area (Å²) in [6.07, 6.45) is 1.11. The number of aryl methyl sites for hydroxylation is 1. The Morgan fingerprint density at radius 2 is 2.21 bits per heavy atom. The minimum absolute atomic E-state index is 0.323. The lowest BCUT2D eigenvalue weighted by atomic mass is 10.2. The van der Waals surface area contributed by atoms with Gasteiger partial charge in [0.1, 0.15) is 11.9 Å². The molecule has 1 aliphatic rings. The minimum atomic E-state index is -1.01. The molecule has 0 spiro atoms. The Morgan fingerprint density at radius 1 is 1.47 bits per heavy atom. The van der Waals surface area contributed by atoms with Crippen LogP contribution < -0.4 is 5.32 Å². The molecule has 0 aliphatic carbocycles. The molecule has 2 rings (SSSR count). The molecule has 1 saturated heterocycles. The summed E-state index contributed by atoms with van der Waals surface area (Å²) in [6, 6.07) is 3.06. The van der Waals surface area contributed by atoms with E-state index in [1.165, 1.54) is 11.0 Å². The summed E-state index contributed by atoms with van der Waals surface area (Å²) in [7, 11) is 0. The van der Waals surface area contributed by atoms with Crippen molar-refractivity contribution >= 4 is 17.7 Å². The average molecular weight is 266 g/mol. The lowest BCUT2D eigenvalue weighted by Gasteiger charge is -2.21. The first-order chi connectivity index (χ1) is 8.99. The van der Waals surface area contributed by atoms with Crippen molar-refractivity contribution in [1.82, 2.24) is 4.90 Å². The van der Waals surface area contributed by atoms with Gasteiger partial charge in [-0.1, -0.05) is 6.07 Å². The Hall–Kier alpha value is -2.11. The zero-order valence-electron chi connectivity index (χ0n) is 10.5. The van der Waals surface area contributed by atoms with Gasteiger partial charge in [-0.05, 0) is 37.5 Å². The number of hydrogen-bond donors (Lipinski definition) is 2. The van der Waals surface area contributed by atoms with E-state index in [-0.39, 0.29) is 0 Å². The predicted molar refractivity (Wildman–Crippen MR) is 67.5 cm³/mol. The van der Waals surface area contributed by atoms with Gasteiger partial charge in [0.25, 0.3) is 0 Å². The first-order valence-corrected chi connectivity index (χ1v) is 6.05. The van der Waals surface area contributed by atoms with Gasteiger partial charge in [-0.25, -0.2) is 14.0 Å². The lowest BCUT2D eigenvalue weighted by Crippen LogP contribution is -2.42. The highest BCUT2D eigenvalue weighted by molar-refractivity contribution is 5.92. The molecule has 6 heteroatoms. The minimum Gasteiger partial charge on any atom is -0.480 e. The number of carbonyl (C=O) groups is 2. The number of benzene rings is 1. The maximum Gasteiger partial charge on any atom is 0.326 e. The van der Waals surface area contributed by atoms with Gasteiger partial charge in [-0.2, -0.15) is 0 Å². The van der Waals surface area contributed by atoms with Gasteiger partial charge in [-0.15, -0.1) is 0 Å². The van der Waals surface area contributed by atoms with Crippen molar-refractivity contribution in [2.75, 3.05) is 11.9 Å². The molecule has 5 nitrogen and oxygen atoms in total. The summed E-state index contributed by atoms with van der Waals surface area (Å²) in [6.45, 7) is 2.03. The van der Waals surface area contributed by atoms with Gasteiger partial charge in [0.2, 0.25) is 0 Å². The zero-order chi connectivity index (χ0) is 14.0. The second-order valence-electron chi connectivity index (χ2n) is 4.58. The van der Waals surface area contributed by atoms with Gasteiger partial charge < -0.3 is 15.3 Å². The van der Waals surface area contributed by atoms with Crippen LogP contribution in [0.2, 0.25) is 0 Å². The SMILES string of the molecule is Cc1ccc(NC(=O)N2CCC[C@@H]2C(=O)O)cc1F. The van der Waals surface area contributed by atoms with Crippen molar-refractivity contribution < 1.29 is 19.1 Å². The third kappa shape index (κ3) is 2.83. The second kappa shape index (κ2) is 5.26. The molecule has 1 aliphatic heterocycles. The number of carbonyl (C=O) groups excluding carboxylic acids is 1. The summed E-state index contributed by atoms with van der Waals surface area (Å²) in [5.41, 5.74) is 0.812. The lowest BCUT2D eigenvalue weighted by molar-refractivity contribution is -0.141. The molecule has 0 unspecified atom stereocenters. The number of carboxylic acid groups (broad SMARTS) is 1. The van der Waals surface area contributed by atoms with Crippen LogP contribution >= 0.6 is 0 Å². The monoisotopic (exact) mass is 266 g/mol. The van der Waals surface area contributed by atoms with Gasteiger partial charge in [-0.3, -0.25) is 0 Å². The van der Waals surface area contributed by atoms with Crippen LogP contribution in [0.5, 0.6) is 0 Å². The van der Waals surface area contributed by atoms with E-state index in [1.807, 2.05) is 0 Å². The van der Waals surface area contributed by atoms with Gasteiger partial charge in [0, 0.05) is 12.2 Å². The van der Waals surface area contributed by atoms with Crippen LogP contribution in [0.3, 0.4) is 0 Å². The fourth-order valence-electron chi connectivity index (χ4n) is 2.13. The number of anilines is 1. The number of urea groups is 1. The van der Waals surface area contributed by atoms with Crippen LogP contribution in [0.15, 0.2) is 18.2 Å². The Morgan fingerprint density at radius 3 is 2.84 bits per heavy atom. The number of hydrogen-bond acceptors (Lipinski definition) is 2. The molecule has 1 fully saturated rings. The maximum absolute atomic E-state index is 13.4. The Bertz CT molecular complexity index is 519. The maximum atomic E-state index is 13.4. The largest absolute Gasteiger partial charge is 0.480 e. The average Bonchev–Trinajstić information content (AvgIpc) is 2.83. The number of likely N-dealkylation sites (tertiary alicyclic amines) is 1. The summed E-state index contributed by atoms with van der Waals surface area (Å²) in [5, 5.41) is 11.5. The quantitative estimate of drug-likeness (QED) is 0.862.